The smallest absolute Gasteiger partial charge is 0.307 e. The predicted molar refractivity (Wildman–Crippen MR) is 126 cm³/mol. The number of benzene rings is 2. The van der Waals surface area contributed by atoms with Crippen molar-refractivity contribution in [2.24, 2.45) is 5.10 Å². The van der Waals surface area contributed by atoms with E-state index in [9.17, 15) is 9.59 Å². The lowest BCUT2D eigenvalue weighted by molar-refractivity contribution is -0.137. The van der Waals surface area contributed by atoms with E-state index in [4.69, 9.17) is 13.9 Å². The second-order valence-electron chi connectivity index (χ2n) is 6.97. The lowest BCUT2D eigenvalue weighted by atomic mass is 10.2. The zero-order valence-corrected chi connectivity index (χ0v) is 20.0. The average Bonchev–Trinajstić information content (AvgIpc) is 3.23. The maximum absolute atomic E-state index is 12.3. The number of hydrogen-bond acceptors (Lipinski definition) is 6. The van der Waals surface area contributed by atoms with Crippen LogP contribution in [0.15, 0.2) is 60.9 Å². The Morgan fingerprint density at radius 3 is 2.62 bits per heavy atom. The molecule has 166 valence electrons. The molecule has 2 amide bonds. The molecule has 32 heavy (non-hydrogen) atoms. The molecule has 3 aromatic rings. The Balaban J connectivity index is 1.29. The molecule has 2 heterocycles. The molecular weight excluding hydrogens is 546 g/mol. The molecule has 4 rings (SSSR count). The number of ether oxygens (including phenoxy) is 2. The molecule has 0 saturated carbocycles. The van der Waals surface area contributed by atoms with Crippen LogP contribution < -0.4 is 10.2 Å². The highest BCUT2D eigenvalue weighted by atomic mass is 79.9. The molecule has 0 unspecified atom stereocenters. The van der Waals surface area contributed by atoms with Crippen molar-refractivity contribution in [1.29, 1.82) is 0 Å². The van der Waals surface area contributed by atoms with Gasteiger partial charge in [0.25, 0.3) is 5.91 Å². The van der Waals surface area contributed by atoms with Crippen molar-refractivity contribution < 1.29 is 23.5 Å². The minimum absolute atomic E-state index is 0.0202. The molecule has 0 spiro atoms. The summed E-state index contributed by atoms with van der Waals surface area (Å²) in [7, 11) is 0. The Labute approximate surface area is 200 Å². The van der Waals surface area contributed by atoms with E-state index in [-0.39, 0.29) is 18.3 Å². The predicted octanol–water partition coefficient (Wildman–Crippen LogP) is 3.96. The normalized spacial score (nSPS) is 14.1. The number of amides is 2. The lowest BCUT2D eigenvalue weighted by Crippen LogP contribution is -2.42. The first kappa shape index (κ1) is 22.5. The average molecular weight is 565 g/mol. The topological polar surface area (TPSA) is 93.4 Å². The number of furan rings is 1. The van der Waals surface area contributed by atoms with Gasteiger partial charge in [-0.15, -0.1) is 0 Å². The molecule has 1 aliphatic heterocycles. The fourth-order valence-electron chi connectivity index (χ4n) is 3.11. The van der Waals surface area contributed by atoms with E-state index in [0.29, 0.717) is 37.6 Å². The number of morpholine rings is 1. The molecular formula is C22H19Br2N3O5. The molecule has 8 nitrogen and oxygen atoms in total. The fourth-order valence-corrected chi connectivity index (χ4v) is 4.45. The monoisotopic (exact) mass is 563 g/mol. The lowest BCUT2D eigenvalue weighted by Gasteiger charge is -2.26. The van der Waals surface area contributed by atoms with Crippen molar-refractivity contribution in [1.82, 2.24) is 10.3 Å². The Hall–Kier alpha value is -2.69. The van der Waals surface area contributed by atoms with E-state index < -0.39 is 5.91 Å². The molecule has 0 bridgehead atoms. The summed E-state index contributed by atoms with van der Waals surface area (Å²) in [5, 5.41) is 4.77. The van der Waals surface area contributed by atoms with Gasteiger partial charge in [0.2, 0.25) is 0 Å². The molecule has 1 aliphatic rings. The van der Waals surface area contributed by atoms with E-state index in [1.165, 1.54) is 6.21 Å². The summed E-state index contributed by atoms with van der Waals surface area (Å²) < 4.78 is 18.0. The number of hydrogen-bond donors (Lipinski definition) is 1. The molecule has 0 aliphatic carbocycles. The van der Waals surface area contributed by atoms with Gasteiger partial charge in [0.1, 0.15) is 11.3 Å². The van der Waals surface area contributed by atoms with Gasteiger partial charge in [0.15, 0.2) is 12.4 Å². The third-order valence-corrected chi connectivity index (χ3v) is 5.79. The molecule has 2 aromatic carbocycles. The fraction of sp³-hybridized carbons (Fsp3) is 0.227. The molecule has 10 heteroatoms. The van der Waals surface area contributed by atoms with Crippen molar-refractivity contribution in [3.63, 3.8) is 0 Å². The van der Waals surface area contributed by atoms with Gasteiger partial charge in [-0.25, -0.2) is 5.43 Å². The third-order valence-electron chi connectivity index (χ3n) is 4.75. The number of nitrogens with one attached hydrogen (secondary N) is 1. The first-order valence-electron chi connectivity index (χ1n) is 9.80. The number of rotatable bonds is 6. The second-order valence-corrected chi connectivity index (χ2v) is 8.74. The summed E-state index contributed by atoms with van der Waals surface area (Å²) in [4.78, 5) is 26.2. The first-order chi connectivity index (χ1) is 15.5. The van der Waals surface area contributed by atoms with Crippen molar-refractivity contribution in [2.45, 2.75) is 0 Å². The van der Waals surface area contributed by atoms with Crippen molar-refractivity contribution >= 4 is 60.9 Å². The number of nitrogens with zero attached hydrogens (tertiary/aromatic N) is 2. The molecule has 1 N–H and O–H groups in total. The molecule has 1 aromatic heterocycles. The van der Waals surface area contributed by atoms with Gasteiger partial charge < -0.3 is 18.8 Å². The standard InChI is InChI=1S/C22H19Br2N3O5/c23-16-9-15-10-19(32-21(15)18(24)11-16)22(29)26-25-12-14-1-3-17(4-2-14)31-13-20(28)27-5-7-30-8-6-27/h1-4,9-12H,5-8,13H2,(H,26,29)/b25-12-. The molecule has 1 fully saturated rings. The number of hydrazone groups is 1. The maximum Gasteiger partial charge on any atom is 0.307 e. The Bertz CT molecular complexity index is 1150. The summed E-state index contributed by atoms with van der Waals surface area (Å²) >= 11 is 6.83. The van der Waals surface area contributed by atoms with Crippen molar-refractivity contribution in [2.75, 3.05) is 32.9 Å². The SMILES string of the molecule is O=C(N/N=C\c1ccc(OCC(=O)N2CCOCC2)cc1)c1cc2cc(Br)cc(Br)c2o1. The first-order valence-corrected chi connectivity index (χ1v) is 11.4. The zero-order valence-electron chi connectivity index (χ0n) is 16.8. The van der Waals surface area contributed by atoms with Crippen molar-refractivity contribution in [3.8, 4) is 5.75 Å². The van der Waals surface area contributed by atoms with Crippen molar-refractivity contribution in [3.05, 3.63) is 62.7 Å². The Morgan fingerprint density at radius 1 is 1.12 bits per heavy atom. The summed E-state index contributed by atoms with van der Waals surface area (Å²) in [6.45, 7) is 2.27. The Kier molecular flexibility index (Phi) is 7.23. The highest BCUT2D eigenvalue weighted by Crippen LogP contribution is 2.30. The summed E-state index contributed by atoms with van der Waals surface area (Å²) in [6.07, 6.45) is 1.51. The quantitative estimate of drug-likeness (QED) is 0.361. The Morgan fingerprint density at radius 2 is 1.88 bits per heavy atom. The van der Waals surface area contributed by atoms with Crippen LogP contribution in [-0.2, 0) is 9.53 Å². The number of fused-ring (bicyclic) bond motifs is 1. The highest BCUT2D eigenvalue weighted by molar-refractivity contribution is 9.11. The van der Waals surface area contributed by atoms with E-state index in [1.807, 2.05) is 12.1 Å². The van der Waals surface area contributed by atoms with Crippen LogP contribution in [0.3, 0.4) is 0 Å². The minimum atomic E-state index is -0.456. The third kappa shape index (κ3) is 5.56. The molecule has 1 saturated heterocycles. The van der Waals surface area contributed by atoms with Crippen LogP contribution in [0.1, 0.15) is 16.1 Å². The highest BCUT2D eigenvalue weighted by Gasteiger charge is 2.17. The number of carbonyl (C=O) groups is 2. The van der Waals surface area contributed by atoms with Gasteiger partial charge in [-0.05, 0) is 64.0 Å². The van der Waals surface area contributed by atoms with E-state index in [0.717, 1.165) is 19.9 Å². The van der Waals surface area contributed by atoms with Crippen LogP contribution >= 0.6 is 31.9 Å². The van der Waals surface area contributed by atoms with Gasteiger partial charge in [0, 0.05) is 22.9 Å². The van der Waals surface area contributed by atoms with Gasteiger partial charge >= 0.3 is 5.91 Å². The second kappa shape index (κ2) is 10.3. The zero-order chi connectivity index (χ0) is 22.5. The molecule has 0 atom stereocenters. The summed E-state index contributed by atoms with van der Waals surface area (Å²) in [6, 6.07) is 12.4. The van der Waals surface area contributed by atoms with Gasteiger partial charge in [-0.3, -0.25) is 9.59 Å². The van der Waals surface area contributed by atoms with Crippen LogP contribution in [0.25, 0.3) is 11.0 Å². The van der Waals surface area contributed by atoms with Crippen LogP contribution in [0.2, 0.25) is 0 Å². The van der Waals surface area contributed by atoms with Crippen LogP contribution in [-0.4, -0.2) is 55.8 Å². The van der Waals surface area contributed by atoms with Gasteiger partial charge in [-0.1, -0.05) is 15.9 Å². The number of carbonyl (C=O) groups excluding carboxylic acids is 2. The van der Waals surface area contributed by atoms with Gasteiger partial charge in [-0.2, -0.15) is 5.10 Å². The maximum atomic E-state index is 12.3. The molecule has 0 radical (unpaired) electrons. The largest absolute Gasteiger partial charge is 0.484 e. The van der Waals surface area contributed by atoms with E-state index in [1.54, 1.807) is 35.2 Å². The summed E-state index contributed by atoms with van der Waals surface area (Å²) in [5.41, 5.74) is 3.80. The van der Waals surface area contributed by atoms with E-state index in [2.05, 4.69) is 42.4 Å². The van der Waals surface area contributed by atoms with Crippen LogP contribution in [0, 0.1) is 0 Å². The van der Waals surface area contributed by atoms with Crippen LogP contribution in [0.4, 0.5) is 0 Å². The summed E-state index contributed by atoms with van der Waals surface area (Å²) in [5.74, 6) is 0.213. The van der Waals surface area contributed by atoms with Crippen LogP contribution in [0.5, 0.6) is 5.75 Å². The van der Waals surface area contributed by atoms with E-state index >= 15 is 0 Å². The number of halogens is 2. The van der Waals surface area contributed by atoms with Gasteiger partial charge in [0.05, 0.1) is 23.9 Å². The minimum Gasteiger partial charge on any atom is -0.484 e.